The van der Waals surface area contributed by atoms with E-state index in [2.05, 4.69) is 0 Å². The Kier molecular flexibility index (Phi) is 6.81. The van der Waals surface area contributed by atoms with Gasteiger partial charge in [0.1, 0.15) is 5.75 Å². The van der Waals surface area contributed by atoms with Crippen LogP contribution in [0.2, 0.25) is 5.02 Å². The monoisotopic (exact) mass is 501 g/mol. The molecule has 4 aromatic rings. The van der Waals surface area contributed by atoms with Gasteiger partial charge in [-0.1, -0.05) is 48.9 Å². The summed E-state index contributed by atoms with van der Waals surface area (Å²) in [6, 6.07) is 17.9. The molecule has 1 heterocycles. The van der Waals surface area contributed by atoms with Gasteiger partial charge in [-0.25, -0.2) is 4.79 Å². The standard InChI is InChI=1S/C27H23ClF3NO3/c1-3-24(26(33)34)35-21-6-4-5-17(13-21)15-32-16(2)25(18-7-10-20(28)11-8-18)22-12-9-19(14-23(22)32)27(29,30)31/h4-14,24H,3,15H2,1-2H3,(H,33,34)/t24-/m0/s1. The van der Waals surface area contributed by atoms with Crippen molar-refractivity contribution in [1.82, 2.24) is 4.57 Å². The van der Waals surface area contributed by atoms with E-state index in [4.69, 9.17) is 16.3 Å². The molecule has 0 radical (unpaired) electrons. The molecule has 0 bridgehead atoms. The number of carboxylic acids is 1. The summed E-state index contributed by atoms with van der Waals surface area (Å²) < 4.78 is 48.0. The van der Waals surface area contributed by atoms with E-state index in [1.165, 1.54) is 12.1 Å². The number of alkyl halides is 3. The van der Waals surface area contributed by atoms with E-state index in [-0.39, 0.29) is 6.54 Å². The van der Waals surface area contributed by atoms with Crippen LogP contribution >= 0.6 is 11.6 Å². The topological polar surface area (TPSA) is 51.5 Å². The number of aliphatic carboxylic acids is 1. The van der Waals surface area contributed by atoms with Gasteiger partial charge in [-0.15, -0.1) is 0 Å². The van der Waals surface area contributed by atoms with E-state index < -0.39 is 23.8 Å². The number of carbonyl (C=O) groups is 1. The lowest BCUT2D eigenvalue weighted by atomic mass is 10.0. The molecule has 0 unspecified atom stereocenters. The Labute approximate surface area is 205 Å². The Morgan fingerprint density at radius 1 is 1.09 bits per heavy atom. The van der Waals surface area contributed by atoms with Crippen molar-refractivity contribution in [2.24, 2.45) is 0 Å². The molecule has 4 rings (SSSR count). The SMILES string of the molecule is CC[C@H](Oc1cccc(Cn2c(C)c(-c3ccc(Cl)cc3)c3ccc(C(F)(F)F)cc32)c1)C(=O)O. The molecule has 0 aliphatic rings. The highest BCUT2D eigenvalue weighted by Crippen LogP contribution is 2.39. The molecule has 1 N–H and O–H groups in total. The van der Waals surface area contributed by atoms with Gasteiger partial charge in [0.25, 0.3) is 0 Å². The number of nitrogens with zero attached hydrogens (tertiary/aromatic N) is 1. The van der Waals surface area contributed by atoms with Gasteiger partial charge in [0.05, 0.1) is 5.56 Å². The zero-order valence-electron chi connectivity index (χ0n) is 19.1. The molecule has 1 aromatic heterocycles. The largest absolute Gasteiger partial charge is 0.479 e. The third-order valence-corrected chi connectivity index (χ3v) is 6.20. The maximum Gasteiger partial charge on any atom is 0.416 e. The van der Waals surface area contributed by atoms with Crippen molar-refractivity contribution in [3.05, 3.63) is 88.6 Å². The van der Waals surface area contributed by atoms with Crippen LogP contribution in [0.5, 0.6) is 5.75 Å². The fourth-order valence-electron chi connectivity index (χ4n) is 4.21. The number of rotatable bonds is 7. The van der Waals surface area contributed by atoms with Gasteiger partial charge in [-0.3, -0.25) is 0 Å². The van der Waals surface area contributed by atoms with Gasteiger partial charge in [-0.05, 0) is 60.9 Å². The number of benzene rings is 3. The molecule has 0 saturated carbocycles. The Morgan fingerprint density at radius 2 is 1.80 bits per heavy atom. The summed E-state index contributed by atoms with van der Waals surface area (Å²) in [5.41, 5.74) is 2.96. The van der Waals surface area contributed by atoms with Crippen LogP contribution in [0, 0.1) is 6.92 Å². The average Bonchev–Trinajstić information content (AvgIpc) is 3.08. The number of aromatic nitrogens is 1. The zero-order valence-corrected chi connectivity index (χ0v) is 19.8. The highest BCUT2D eigenvalue weighted by atomic mass is 35.5. The van der Waals surface area contributed by atoms with Gasteiger partial charge in [-0.2, -0.15) is 13.2 Å². The maximum atomic E-state index is 13.5. The number of halogens is 4. The van der Waals surface area contributed by atoms with Crippen molar-refractivity contribution < 1.29 is 27.8 Å². The quantitative estimate of drug-likeness (QED) is 0.284. The lowest BCUT2D eigenvalue weighted by Crippen LogP contribution is -2.25. The molecule has 0 aliphatic carbocycles. The predicted molar refractivity (Wildman–Crippen MR) is 130 cm³/mol. The van der Waals surface area contributed by atoms with Crippen LogP contribution in [0.15, 0.2) is 66.7 Å². The van der Waals surface area contributed by atoms with E-state index in [9.17, 15) is 23.1 Å². The second kappa shape index (κ2) is 9.66. The fraction of sp³-hybridized carbons (Fsp3) is 0.222. The minimum atomic E-state index is -4.47. The first-order valence-electron chi connectivity index (χ1n) is 11.0. The lowest BCUT2D eigenvalue weighted by molar-refractivity contribution is -0.145. The molecule has 35 heavy (non-hydrogen) atoms. The predicted octanol–water partition coefficient (Wildman–Crippen LogP) is 7.58. The van der Waals surface area contributed by atoms with E-state index in [0.717, 1.165) is 28.5 Å². The van der Waals surface area contributed by atoms with Crippen LogP contribution in [0.1, 0.15) is 30.2 Å². The minimum absolute atomic E-state index is 0.276. The van der Waals surface area contributed by atoms with Gasteiger partial charge < -0.3 is 14.4 Å². The van der Waals surface area contributed by atoms with E-state index in [1.54, 1.807) is 37.3 Å². The first-order chi connectivity index (χ1) is 16.6. The fourth-order valence-corrected chi connectivity index (χ4v) is 4.34. The minimum Gasteiger partial charge on any atom is -0.479 e. The van der Waals surface area contributed by atoms with Crippen molar-refractivity contribution in [3.8, 4) is 16.9 Å². The highest BCUT2D eigenvalue weighted by molar-refractivity contribution is 6.30. The molecule has 4 nitrogen and oxygen atoms in total. The summed E-state index contributed by atoms with van der Waals surface area (Å²) in [4.78, 5) is 11.3. The Morgan fingerprint density at radius 3 is 2.43 bits per heavy atom. The van der Waals surface area contributed by atoms with Crippen molar-refractivity contribution >= 4 is 28.5 Å². The number of carboxylic acid groups (broad SMARTS) is 1. The molecule has 0 fully saturated rings. The summed E-state index contributed by atoms with van der Waals surface area (Å²) in [7, 11) is 0. The van der Waals surface area contributed by atoms with Crippen LogP contribution in [0.4, 0.5) is 13.2 Å². The van der Waals surface area contributed by atoms with Crippen molar-refractivity contribution in [2.45, 2.75) is 39.1 Å². The summed E-state index contributed by atoms with van der Waals surface area (Å²) in [5, 5.41) is 10.5. The Hall–Kier alpha value is -3.45. The molecule has 182 valence electrons. The summed E-state index contributed by atoms with van der Waals surface area (Å²) >= 11 is 6.04. The van der Waals surface area contributed by atoms with Crippen LogP contribution in [0.25, 0.3) is 22.0 Å². The molecular formula is C27H23ClF3NO3. The average molecular weight is 502 g/mol. The van der Waals surface area contributed by atoms with Gasteiger partial charge in [0, 0.05) is 33.7 Å². The second-order valence-corrected chi connectivity index (χ2v) is 8.72. The maximum absolute atomic E-state index is 13.5. The van der Waals surface area contributed by atoms with Crippen molar-refractivity contribution in [1.29, 1.82) is 0 Å². The normalized spacial score (nSPS) is 12.6. The van der Waals surface area contributed by atoms with Crippen molar-refractivity contribution in [3.63, 3.8) is 0 Å². The van der Waals surface area contributed by atoms with Crippen LogP contribution < -0.4 is 4.74 Å². The van der Waals surface area contributed by atoms with E-state index >= 15 is 0 Å². The number of hydrogen-bond donors (Lipinski definition) is 1. The summed E-state index contributed by atoms with van der Waals surface area (Å²) in [6.45, 7) is 3.86. The smallest absolute Gasteiger partial charge is 0.416 e. The lowest BCUT2D eigenvalue weighted by Gasteiger charge is -2.15. The molecular weight excluding hydrogens is 479 g/mol. The van der Waals surface area contributed by atoms with E-state index in [0.29, 0.717) is 28.1 Å². The third-order valence-electron chi connectivity index (χ3n) is 5.95. The molecule has 0 aliphatic heterocycles. The molecule has 0 spiro atoms. The molecule has 1 atom stereocenters. The molecule has 8 heteroatoms. The van der Waals surface area contributed by atoms with Crippen LogP contribution in [-0.4, -0.2) is 21.7 Å². The van der Waals surface area contributed by atoms with Gasteiger partial charge in [0.2, 0.25) is 0 Å². The number of hydrogen-bond acceptors (Lipinski definition) is 2. The summed E-state index contributed by atoms with van der Waals surface area (Å²) in [6.07, 6.45) is -5.16. The first-order valence-corrected chi connectivity index (χ1v) is 11.4. The number of ether oxygens (including phenoxy) is 1. The zero-order chi connectivity index (χ0) is 25.3. The van der Waals surface area contributed by atoms with Gasteiger partial charge >= 0.3 is 12.1 Å². The number of fused-ring (bicyclic) bond motifs is 1. The molecule has 0 saturated heterocycles. The van der Waals surface area contributed by atoms with Crippen molar-refractivity contribution in [2.75, 3.05) is 0 Å². The second-order valence-electron chi connectivity index (χ2n) is 8.28. The summed E-state index contributed by atoms with van der Waals surface area (Å²) in [5.74, 6) is -0.669. The van der Waals surface area contributed by atoms with Crippen LogP contribution in [-0.2, 0) is 17.5 Å². The molecule has 0 amide bonds. The molecule has 3 aromatic carbocycles. The highest BCUT2D eigenvalue weighted by Gasteiger charge is 2.31. The first kappa shape index (κ1) is 24.7. The van der Waals surface area contributed by atoms with E-state index in [1.807, 2.05) is 29.7 Å². The Balaban J connectivity index is 1.82. The third kappa shape index (κ3) is 5.15. The van der Waals surface area contributed by atoms with Crippen LogP contribution in [0.3, 0.4) is 0 Å². The van der Waals surface area contributed by atoms with Gasteiger partial charge in [0.15, 0.2) is 6.10 Å². The Bertz CT molecular complexity index is 1380.